The van der Waals surface area contributed by atoms with E-state index >= 15 is 0 Å². The van der Waals surface area contributed by atoms with Crippen molar-refractivity contribution < 1.29 is 8.78 Å². The first-order valence-electron chi connectivity index (χ1n) is 6.37. The zero-order valence-corrected chi connectivity index (χ0v) is 11.8. The monoisotopic (exact) mass is 302 g/mol. The normalized spacial score (nSPS) is 10.8. The summed E-state index contributed by atoms with van der Waals surface area (Å²) in [5.74, 6) is -1.72. The molecule has 106 valence electrons. The molecule has 0 aliphatic heterocycles. The minimum absolute atomic E-state index is 0.497. The van der Waals surface area contributed by atoms with Gasteiger partial charge in [0.2, 0.25) is 0 Å². The lowest BCUT2D eigenvalue weighted by molar-refractivity contribution is 0.509. The summed E-state index contributed by atoms with van der Waals surface area (Å²) in [7, 11) is 0. The van der Waals surface area contributed by atoms with Crippen molar-refractivity contribution in [3.63, 3.8) is 0 Å². The molecule has 3 aromatic rings. The first-order chi connectivity index (χ1) is 10.2. The number of hydrogen-bond donors (Lipinski definition) is 1. The first kappa shape index (κ1) is 13.9. The molecule has 0 aliphatic rings. The maximum atomic E-state index is 13.3. The number of aromatic nitrogens is 1. The van der Waals surface area contributed by atoms with Gasteiger partial charge in [0.15, 0.2) is 11.6 Å². The Hall–Kier alpha value is -2.11. The Morgan fingerprint density at radius 2 is 1.67 bits per heavy atom. The zero-order chi connectivity index (χ0) is 14.8. The van der Waals surface area contributed by atoms with Gasteiger partial charge in [-0.25, -0.2) is 13.8 Å². The van der Waals surface area contributed by atoms with Crippen LogP contribution < -0.4 is 5.73 Å². The fourth-order valence-corrected chi connectivity index (χ4v) is 2.81. The molecule has 0 saturated heterocycles. The fourth-order valence-electron chi connectivity index (χ4n) is 1.98. The van der Waals surface area contributed by atoms with Crippen LogP contribution in [-0.2, 0) is 6.54 Å². The second kappa shape index (κ2) is 5.71. The van der Waals surface area contributed by atoms with Gasteiger partial charge < -0.3 is 5.73 Å². The Kier molecular flexibility index (Phi) is 3.77. The molecular weight excluding hydrogens is 290 g/mol. The average molecular weight is 302 g/mol. The van der Waals surface area contributed by atoms with Gasteiger partial charge in [-0.1, -0.05) is 24.3 Å². The van der Waals surface area contributed by atoms with E-state index in [2.05, 4.69) is 4.98 Å². The van der Waals surface area contributed by atoms with Gasteiger partial charge in [-0.15, -0.1) is 11.3 Å². The largest absolute Gasteiger partial charge is 0.326 e. The minimum atomic E-state index is -0.864. The van der Waals surface area contributed by atoms with Crippen LogP contribution in [0.1, 0.15) is 5.56 Å². The molecule has 0 fully saturated rings. The van der Waals surface area contributed by atoms with Crippen LogP contribution in [-0.4, -0.2) is 4.98 Å². The summed E-state index contributed by atoms with van der Waals surface area (Å²) < 4.78 is 26.2. The van der Waals surface area contributed by atoms with Gasteiger partial charge in [-0.2, -0.15) is 0 Å². The summed E-state index contributed by atoms with van der Waals surface area (Å²) in [4.78, 5) is 4.48. The lowest BCUT2D eigenvalue weighted by atomic mass is 10.1. The van der Waals surface area contributed by atoms with Gasteiger partial charge in [0, 0.05) is 23.1 Å². The van der Waals surface area contributed by atoms with Crippen LogP contribution in [0.2, 0.25) is 0 Å². The number of nitrogens with zero attached hydrogens (tertiary/aromatic N) is 1. The Morgan fingerprint density at radius 3 is 2.33 bits per heavy atom. The van der Waals surface area contributed by atoms with Crippen LogP contribution >= 0.6 is 11.3 Å². The molecule has 3 rings (SSSR count). The zero-order valence-electron chi connectivity index (χ0n) is 11.0. The second-order valence-corrected chi connectivity index (χ2v) is 5.43. The van der Waals surface area contributed by atoms with E-state index in [1.807, 2.05) is 29.6 Å². The Bertz CT molecular complexity index is 766. The second-order valence-electron chi connectivity index (χ2n) is 4.57. The Balaban J connectivity index is 1.93. The third-order valence-electron chi connectivity index (χ3n) is 3.16. The van der Waals surface area contributed by atoms with E-state index in [0.717, 1.165) is 29.0 Å². The summed E-state index contributed by atoms with van der Waals surface area (Å²) in [5.41, 5.74) is 8.97. The van der Waals surface area contributed by atoms with Gasteiger partial charge in [0.25, 0.3) is 0 Å². The number of benzene rings is 2. The lowest BCUT2D eigenvalue weighted by Gasteiger charge is -2.00. The third kappa shape index (κ3) is 2.84. The topological polar surface area (TPSA) is 38.9 Å². The molecule has 2 nitrogen and oxygen atoms in total. The molecule has 2 aromatic carbocycles. The van der Waals surface area contributed by atoms with Crippen molar-refractivity contribution in [2.75, 3.05) is 0 Å². The number of hydrogen-bond acceptors (Lipinski definition) is 3. The molecular formula is C16H12F2N2S. The highest BCUT2D eigenvalue weighted by molar-refractivity contribution is 7.13. The highest BCUT2D eigenvalue weighted by Crippen LogP contribution is 2.29. The van der Waals surface area contributed by atoms with E-state index in [1.165, 1.54) is 17.4 Å². The molecule has 0 amide bonds. The SMILES string of the molecule is NCc1ccc(-c2csc(-c3ccc(F)c(F)c3)n2)cc1. The maximum Gasteiger partial charge on any atom is 0.159 e. The lowest BCUT2D eigenvalue weighted by Crippen LogP contribution is -1.95. The smallest absolute Gasteiger partial charge is 0.159 e. The predicted molar refractivity (Wildman–Crippen MR) is 80.8 cm³/mol. The van der Waals surface area contributed by atoms with Gasteiger partial charge in [0.05, 0.1) is 5.69 Å². The van der Waals surface area contributed by atoms with Crippen molar-refractivity contribution in [2.45, 2.75) is 6.54 Å². The molecule has 1 aromatic heterocycles. The van der Waals surface area contributed by atoms with Crippen LogP contribution in [0.3, 0.4) is 0 Å². The molecule has 0 aliphatic carbocycles. The van der Waals surface area contributed by atoms with Crippen LogP contribution in [0.25, 0.3) is 21.8 Å². The molecule has 5 heteroatoms. The molecule has 0 radical (unpaired) electrons. The van der Waals surface area contributed by atoms with Crippen molar-refractivity contribution in [3.05, 3.63) is 65.0 Å². The third-order valence-corrected chi connectivity index (χ3v) is 4.05. The number of halogens is 2. The average Bonchev–Trinajstić information content (AvgIpc) is 3.00. The number of thiazole rings is 1. The Labute approximate surface area is 124 Å². The summed E-state index contributed by atoms with van der Waals surface area (Å²) in [5, 5.41) is 2.56. The summed E-state index contributed by atoms with van der Waals surface area (Å²) in [6.07, 6.45) is 0. The van der Waals surface area contributed by atoms with Gasteiger partial charge in [0.1, 0.15) is 5.01 Å². The van der Waals surface area contributed by atoms with Gasteiger partial charge in [-0.3, -0.25) is 0 Å². The molecule has 0 saturated carbocycles. The molecule has 0 atom stereocenters. The van der Waals surface area contributed by atoms with E-state index in [0.29, 0.717) is 17.1 Å². The standard InChI is InChI=1S/C16H12F2N2S/c17-13-6-5-12(7-14(13)18)16-20-15(9-21-16)11-3-1-10(8-19)2-4-11/h1-7,9H,8,19H2. The molecule has 0 unspecified atom stereocenters. The van der Waals surface area contributed by atoms with Crippen LogP contribution in [0.5, 0.6) is 0 Å². The summed E-state index contributed by atoms with van der Waals surface area (Å²) >= 11 is 1.40. The maximum absolute atomic E-state index is 13.3. The van der Waals surface area contributed by atoms with Gasteiger partial charge in [-0.05, 0) is 23.8 Å². The van der Waals surface area contributed by atoms with Crippen molar-refractivity contribution in [1.29, 1.82) is 0 Å². The van der Waals surface area contributed by atoms with E-state index in [-0.39, 0.29) is 0 Å². The van der Waals surface area contributed by atoms with E-state index in [4.69, 9.17) is 5.73 Å². The predicted octanol–water partition coefficient (Wildman–Crippen LogP) is 4.21. The number of rotatable bonds is 3. The Morgan fingerprint density at radius 1 is 0.952 bits per heavy atom. The molecule has 1 heterocycles. The molecule has 0 bridgehead atoms. The molecule has 21 heavy (non-hydrogen) atoms. The summed E-state index contributed by atoms with van der Waals surface area (Å²) in [6, 6.07) is 11.6. The van der Waals surface area contributed by atoms with Gasteiger partial charge >= 0.3 is 0 Å². The highest BCUT2D eigenvalue weighted by atomic mass is 32.1. The quantitative estimate of drug-likeness (QED) is 0.787. The number of nitrogens with two attached hydrogens (primary N) is 1. The van der Waals surface area contributed by atoms with Crippen molar-refractivity contribution in [2.24, 2.45) is 5.73 Å². The van der Waals surface area contributed by atoms with E-state index in [1.54, 1.807) is 0 Å². The first-order valence-corrected chi connectivity index (χ1v) is 7.25. The van der Waals surface area contributed by atoms with Crippen molar-refractivity contribution in [3.8, 4) is 21.8 Å². The summed E-state index contributed by atoms with van der Waals surface area (Å²) in [6.45, 7) is 0.497. The minimum Gasteiger partial charge on any atom is -0.326 e. The molecule has 2 N–H and O–H groups in total. The van der Waals surface area contributed by atoms with Crippen LogP contribution in [0.4, 0.5) is 8.78 Å². The van der Waals surface area contributed by atoms with Crippen molar-refractivity contribution in [1.82, 2.24) is 4.98 Å². The molecule has 0 spiro atoms. The van der Waals surface area contributed by atoms with E-state index in [9.17, 15) is 8.78 Å². The highest BCUT2D eigenvalue weighted by Gasteiger charge is 2.09. The van der Waals surface area contributed by atoms with E-state index < -0.39 is 11.6 Å². The van der Waals surface area contributed by atoms with Crippen LogP contribution in [0.15, 0.2) is 47.8 Å². The van der Waals surface area contributed by atoms with Crippen LogP contribution in [0, 0.1) is 11.6 Å². The van der Waals surface area contributed by atoms with Crippen molar-refractivity contribution >= 4 is 11.3 Å². The fraction of sp³-hybridized carbons (Fsp3) is 0.0625.